The molecule has 0 saturated heterocycles. The molecule has 2 rings (SSSR count). The molecule has 2 aromatic rings. The molecule has 84 valence electrons. The zero-order valence-corrected chi connectivity index (χ0v) is 9.61. The van der Waals surface area contributed by atoms with E-state index in [0.29, 0.717) is 22.8 Å². The number of nitrogens with zero attached hydrogens (tertiary/aromatic N) is 2. The number of phenolic OH excluding ortho intramolecular Hbond substituents is 1. The number of phenols is 1. The molecular formula is C10H10N2O3S. The Labute approximate surface area is 96.4 Å². The van der Waals surface area contributed by atoms with Crippen molar-refractivity contribution in [2.24, 2.45) is 0 Å². The molecule has 0 aliphatic rings. The second-order valence-electron chi connectivity index (χ2n) is 3.01. The van der Waals surface area contributed by atoms with Gasteiger partial charge in [-0.3, -0.25) is 0 Å². The highest BCUT2D eigenvalue weighted by Crippen LogP contribution is 2.40. The van der Waals surface area contributed by atoms with E-state index in [-0.39, 0.29) is 5.75 Å². The fourth-order valence-corrected chi connectivity index (χ4v) is 1.83. The first-order chi connectivity index (χ1) is 7.76. The molecule has 0 amide bonds. The Morgan fingerprint density at radius 3 is 2.62 bits per heavy atom. The van der Waals surface area contributed by atoms with E-state index < -0.39 is 0 Å². The molecule has 1 aromatic carbocycles. The second kappa shape index (κ2) is 4.36. The lowest BCUT2D eigenvalue weighted by Crippen LogP contribution is -1.91. The minimum Gasteiger partial charge on any atom is -0.507 e. The monoisotopic (exact) mass is 238 g/mol. The minimum atomic E-state index is 0.0592. The van der Waals surface area contributed by atoms with Crippen molar-refractivity contribution in [1.29, 1.82) is 0 Å². The number of hydrogen-bond acceptors (Lipinski definition) is 6. The Morgan fingerprint density at radius 1 is 1.25 bits per heavy atom. The number of rotatable bonds is 3. The van der Waals surface area contributed by atoms with Gasteiger partial charge in [-0.25, -0.2) is 0 Å². The first-order valence-electron chi connectivity index (χ1n) is 4.48. The number of ether oxygens (including phenoxy) is 2. The van der Waals surface area contributed by atoms with Gasteiger partial charge in [0.05, 0.1) is 19.8 Å². The average Bonchev–Trinajstić information content (AvgIpc) is 2.81. The largest absolute Gasteiger partial charge is 0.507 e. The maximum absolute atomic E-state index is 9.88. The van der Waals surface area contributed by atoms with Crippen LogP contribution in [-0.2, 0) is 0 Å². The van der Waals surface area contributed by atoms with E-state index in [2.05, 4.69) is 9.59 Å². The maximum atomic E-state index is 9.88. The van der Waals surface area contributed by atoms with Gasteiger partial charge in [0.15, 0.2) is 0 Å². The quantitative estimate of drug-likeness (QED) is 0.885. The Kier molecular flexibility index (Phi) is 2.91. The van der Waals surface area contributed by atoms with Gasteiger partial charge in [0.1, 0.15) is 22.9 Å². The highest BCUT2D eigenvalue weighted by molar-refractivity contribution is 7.03. The van der Waals surface area contributed by atoms with E-state index in [1.807, 2.05) is 0 Å². The SMILES string of the molecule is COc1cc(O)c(-c2csnn2)c(OC)c1. The first kappa shape index (κ1) is 10.7. The van der Waals surface area contributed by atoms with Crippen LogP contribution >= 0.6 is 11.5 Å². The van der Waals surface area contributed by atoms with Crippen LogP contribution in [0, 0.1) is 0 Å². The normalized spacial score (nSPS) is 10.1. The summed E-state index contributed by atoms with van der Waals surface area (Å²) >= 11 is 1.21. The highest BCUT2D eigenvalue weighted by Gasteiger charge is 2.15. The van der Waals surface area contributed by atoms with Crippen LogP contribution in [0.3, 0.4) is 0 Å². The van der Waals surface area contributed by atoms with Crippen LogP contribution in [0.1, 0.15) is 0 Å². The topological polar surface area (TPSA) is 64.5 Å². The number of aromatic hydroxyl groups is 1. The molecule has 0 radical (unpaired) electrons. The molecule has 0 bridgehead atoms. The van der Waals surface area contributed by atoms with Crippen molar-refractivity contribution >= 4 is 11.5 Å². The zero-order valence-electron chi connectivity index (χ0n) is 8.80. The lowest BCUT2D eigenvalue weighted by Gasteiger charge is -2.10. The van der Waals surface area contributed by atoms with Gasteiger partial charge in [0.2, 0.25) is 0 Å². The van der Waals surface area contributed by atoms with E-state index in [4.69, 9.17) is 9.47 Å². The fourth-order valence-electron chi connectivity index (χ4n) is 1.39. The van der Waals surface area contributed by atoms with Crippen LogP contribution in [0.4, 0.5) is 0 Å². The molecule has 0 atom stereocenters. The van der Waals surface area contributed by atoms with Crippen molar-refractivity contribution in [2.75, 3.05) is 14.2 Å². The van der Waals surface area contributed by atoms with Crippen LogP contribution in [0.15, 0.2) is 17.5 Å². The van der Waals surface area contributed by atoms with Crippen LogP contribution in [0.5, 0.6) is 17.2 Å². The zero-order chi connectivity index (χ0) is 11.5. The summed E-state index contributed by atoms with van der Waals surface area (Å²) in [5.74, 6) is 1.09. The summed E-state index contributed by atoms with van der Waals surface area (Å²) in [6, 6.07) is 3.20. The molecule has 1 heterocycles. The third kappa shape index (κ3) is 1.79. The lowest BCUT2D eigenvalue weighted by atomic mass is 10.1. The molecule has 1 N–H and O–H groups in total. The molecule has 0 fully saturated rings. The molecule has 0 saturated carbocycles. The molecule has 1 aromatic heterocycles. The molecule has 0 unspecified atom stereocenters. The molecule has 6 heteroatoms. The Morgan fingerprint density at radius 2 is 2.06 bits per heavy atom. The van der Waals surface area contributed by atoms with Crippen molar-refractivity contribution in [3.63, 3.8) is 0 Å². The highest BCUT2D eigenvalue weighted by atomic mass is 32.1. The number of methoxy groups -OCH3 is 2. The summed E-state index contributed by atoms with van der Waals surface area (Å²) in [7, 11) is 3.05. The predicted molar refractivity (Wildman–Crippen MR) is 60.1 cm³/mol. The minimum absolute atomic E-state index is 0.0592. The van der Waals surface area contributed by atoms with Gasteiger partial charge >= 0.3 is 0 Å². The van der Waals surface area contributed by atoms with Gasteiger partial charge in [0.25, 0.3) is 0 Å². The van der Waals surface area contributed by atoms with Gasteiger partial charge in [-0.15, -0.1) is 5.10 Å². The van der Waals surface area contributed by atoms with E-state index in [0.717, 1.165) is 0 Å². The van der Waals surface area contributed by atoms with Gasteiger partial charge in [0, 0.05) is 17.5 Å². The van der Waals surface area contributed by atoms with Gasteiger partial charge in [-0.1, -0.05) is 4.49 Å². The van der Waals surface area contributed by atoms with Gasteiger partial charge in [-0.2, -0.15) is 0 Å². The van der Waals surface area contributed by atoms with Gasteiger partial charge in [-0.05, 0) is 11.5 Å². The Balaban J connectivity index is 2.60. The van der Waals surface area contributed by atoms with Crippen molar-refractivity contribution in [3.05, 3.63) is 17.5 Å². The first-order valence-corrected chi connectivity index (χ1v) is 5.32. The maximum Gasteiger partial charge on any atom is 0.135 e. The summed E-state index contributed by atoms with van der Waals surface area (Å²) in [6.07, 6.45) is 0. The van der Waals surface area contributed by atoms with Crippen LogP contribution in [0.2, 0.25) is 0 Å². The fraction of sp³-hybridized carbons (Fsp3) is 0.200. The Bertz CT molecular complexity index is 485. The van der Waals surface area contributed by atoms with E-state index in [1.54, 1.807) is 11.4 Å². The average molecular weight is 238 g/mol. The number of aromatic nitrogens is 2. The smallest absolute Gasteiger partial charge is 0.135 e. The van der Waals surface area contributed by atoms with Crippen LogP contribution in [-0.4, -0.2) is 28.9 Å². The lowest BCUT2D eigenvalue weighted by molar-refractivity contribution is 0.386. The summed E-state index contributed by atoms with van der Waals surface area (Å²) in [4.78, 5) is 0. The molecule has 0 aliphatic heterocycles. The van der Waals surface area contributed by atoms with E-state index >= 15 is 0 Å². The molecule has 5 nitrogen and oxygen atoms in total. The standard InChI is InChI=1S/C10H10N2O3S/c1-14-6-3-8(13)10(9(4-6)15-2)7-5-16-12-11-7/h3-5,13H,1-2H3. The molecule has 16 heavy (non-hydrogen) atoms. The van der Waals surface area contributed by atoms with Crippen molar-refractivity contribution < 1.29 is 14.6 Å². The summed E-state index contributed by atoms with van der Waals surface area (Å²) in [6.45, 7) is 0. The summed E-state index contributed by atoms with van der Waals surface area (Å²) < 4.78 is 14.0. The number of hydrogen-bond donors (Lipinski definition) is 1. The van der Waals surface area contributed by atoms with Crippen LogP contribution < -0.4 is 9.47 Å². The summed E-state index contributed by atoms with van der Waals surface area (Å²) in [5, 5.41) is 15.5. The third-order valence-corrected chi connectivity index (χ3v) is 2.63. The predicted octanol–water partition coefficient (Wildman–Crippen LogP) is 1.93. The van der Waals surface area contributed by atoms with Crippen molar-refractivity contribution in [1.82, 2.24) is 9.59 Å². The molecule has 0 spiro atoms. The third-order valence-electron chi connectivity index (χ3n) is 2.13. The molecular weight excluding hydrogens is 228 g/mol. The number of benzene rings is 1. The van der Waals surface area contributed by atoms with Crippen molar-refractivity contribution in [2.45, 2.75) is 0 Å². The second-order valence-corrected chi connectivity index (χ2v) is 3.62. The Hall–Kier alpha value is -1.82. The molecule has 0 aliphatic carbocycles. The van der Waals surface area contributed by atoms with Gasteiger partial charge < -0.3 is 14.6 Å². The van der Waals surface area contributed by atoms with Crippen LogP contribution in [0.25, 0.3) is 11.3 Å². The summed E-state index contributed by atoms with van der Waals surface area (Å²) in [5.41, 5.74) is 1.11. The van der Waals surface area contributed by atoms with E-state index in [1.165, 1.54) is 31.8 Å². The van der Waals surface area contributed by atoms with Crippen molar-refractivity contribution in [3.8, 4) is 28.5 Å². The van der Waals surface area contributed by atoms with E-state index in [9.17, 15) is 5.11 Å².